The molecule has 1 N–H and O–H groups in total. The Morgan fingerprint density at radius 3 is 2.79 bits per heavy atom. The number of nitrogens with one attached hydrogen (secondary N) is 1. The lowest BCUT2D eigenvalue weighted by atomic mass is 10.1. The summed E-state index contributed by atoms with van der Waals surface area (Å²) in [6.45, 7) is 4.43. The molecule has 34 heavy (non-hydrogen) atoms. The molecule has 3 aromatic rings. The first-order valence-corrected chi connectivity index (χ1v) is 11.4. The maximum atomic E-state index is 14.9. The van der Waals surface area contributed by atoms with Gasteiger partial charge < -0.3 is 24.6 Å². The second-order valence-corrected chi connectivity index (χ2v) is 8.56. The van der Waals surface area contributed by atoms with Gasteiger partial charge in [0.2, 0.25) is 0 Å². The maximum Gasteiger partial charge on any atom is 0.259 e. The Morgan fingerprint density at radius 2 is 2.06 bits per heavy atom. The number of benzene rings is 2. The van der Waals surface area contributed by atoms with Crippen molar-refractivity contribution in [2.75, 3.05) is 48.5 Å². The maximum absolute atomic E-state index is 14.9. The number of pyridine rings is 1. The summed E-state index contributed by atoms with van der Waals surface area (Å²) in [7, 11) is 1.67. The van der Waals surface area contributed by atoms with Gasteiger partial charge in [-0.3, -0.25) is 4.79 Å². The fourth-order valence-corrected chi connectivity index (χ4v) is 4.46. The molecule has 2 aliphatic heterocycles. The highest BCUT2D eigenvalue weighted by Gasteiger charge is 2.27. The summed E-state index contributed by atoms with van der Waals surface area (Å²) in [5.74, 6) is 0.553. The van der Waals surface area contributed by atoms with E-state index in [1.54, 1.807) is 25.3 Å². The number of hydrogen-bond donors (Lipinski definition) is 1. The van der Waals surface area contributed by atoms with Crippen LogP contribution in [-0.2, 0) is 4.74 Å². The molecule has 1 amide bonds. The van der Waals surface area contributed by atoms with E-state index in [2.05, 4.69) is 10.3 Å². The molecule has 8 heteroatoms. The molecule has 1 fully saturated rings. The zero-order chi connectivity index (χ0) is 23.7. The minimum absolute atomic E-state index is 0.109. The van der Waals surface area contributed by atoms with Crippen LogP contribution in [0.25, 0.3) is 0 Å². The third-order valence-electron chi connectivity index (χ3n) is 6.29. The van der Waals surface area contributed by atoms with Crippen molar-refractivity contribution >= 4 is 28.8 Å². The van der Waals surface area contributed by atoms with Crippen molar-refractivity contribution in [2.24, 2.45) is 0 Å². The number of amides is 1. The van der Waals surface area contributed by atoms with E-state index in [1.807, 2.05) is 47.2 Å². The van der Waals surface area contributed by atoms with Gasteiger partial charge in [-0.1, -0.05) is 12.1 Å². The van der Waals surface area contributed by atoms with Gasteiger partial charge in [0.25, 0.3) is 5.91 Å². The van der Waals surface area contributed by atoms with Crippen LogP contribution >= 0.6 is 0 Å². The van der Waals surface area contributed by atoms with Crippen molar-refractivity contribution < 1.29 is 18.7 Å². The van der Waals surface area contributed by atoms with Crippen LogP contribution in [0.2, 0.25) is 0 Å². The molecule has 2 aliphatic rings. The van der Waals surface area contributed by atoms with E-state index < -0.39 is 0 Å². The van der Waals surface area contributed by atoms with Crippen LogP contribution in [0.1, 0.15) is 22.3 Å². The highest BCUT2D eigenvalue weighted by atomic mass is 19.1. The topological polar surface area (TPSA) is 66.9 Å². The standard InChI is InChI=1S/C26H27FN4O3/c1-17-6-9-24(28-15-17)31-12-13-34-25-20(4-3-5-23(25)31)26(32)29-18-7-8-22(21(27)14-18)30-11-10-19(16-30)33-2/h3-9,14-15,19H,10-13,16H2,1-2H3,(H,29,32)/t19-/m0/s1. The summed E-state index contributed by atoms with van der Waals surface area (Å²) >= 11 is 0. The molecule has 0 aliphatic carbocycles. The molecule has 0 unspecified atom stereocenters. The molecular formula is C26H27FN4O3. The molecule has 0 saturated carbocycles. The normalized spacial score (nSPS) is 17.3. The summed E-state index contributed by atoms with van der Waals surface area (Å²) in [6.07, 6.45) is 2.79. The molecule has 3 heterocycles. The van der Waals surface area contributed by atoms with Crippen LogP contribution in [0.15, 0.2) is 54.7 Å². The van der Waals surface area contributed by atoms with E-state index in [9.17, 15) is 9.18 Å². The Kier molecular flexibility index (Phi) is 6.06. The first-order valence-electron chi connectivity index (χ1n) is 11.4. The van der Waals surface area contributed by atoms with Crippen molar-refractivity contribution in [3.8, 4) is 5.75 Å². The number of rotatable bonds is 5. The fraction of sp³-hybridized carbons (Fsp3) is 0.308. The van der Waals surface area contributed by atoms with Gasteiger partial charge in [-0.25, -0.2) is 9.37 Å². The van der Waals surface area contributed by atoms with Gasteiger partial charge in [0.1, 0.15) is 18.2 Å². The number of carbonyl (C=O) groups excluding carboxylic acids is 1. The number of carbonyl (C=O) groups is 1. The van der Waals surface area contributed by atoms with Crippen molar-refractivity contribution in [3.05, 3.63) is 71.7 Å². The third kappa shape index (κ3) is 4.28. The van der Waals surface area contributed by atoms with Gasteiger partial charge in [-0.2, -0.15) is 0 Å². The van der Waals surface area contributed by atoms with Crippen molar-refractivity contribution in [1.29, 1.82) is 0 Å². The Morgan fingerprint density at radius 1 is 1.18 bits per heavy atom. The van der Waals surface area contributed by atoms with E-state index in [0.717, 1.165) is 30.0 Å². The molecule has 2 aromatic carbocycles. The van der Waals surface area contributed by atoms with Gasteiger partial charge in [-0.15, -0.1) is 0 Å². The highest BCUT2D eigenvalue weighted by molar-refractivity contribution is 6.07. The molecule has 176 valence electrons. The van der Waals surface area contributed by atoms with E-state index in [0.29, 0.717) is 42.4 Å². The Bertz CT molecular complexity index is 1200. The minimum Gasteiger partial charge on any atom is -0.489 e. The zero-order valence-corrected chi connectivity index (χ0v) is 19.3. The number of ether oxygens (including phenoxy) is 2. The summed E-state index contributed by atoms with van der Waals surface area (Å²) in [6, 6.07) is 14.2. The van der Waals surface area contributed by atoms with Crippen LogP contribution in [0.3, 0.4) is 0 Å². The summed E-state index contributed by atoms with van der Waals surface area (Å²) in [5, 5.41) is 2.81. The first kappa shape index (κ1) is 22.2. The molecule has 0 bridgehead atoms. The number of methoxy groups -OCH3 is 1. The van der Waals surface area contributed by atoms with Crippen molar-refractivity contribution in [1.82, 2.24) is 4.98 Å². The fourth-order valence-electron chi connectivity index (χ4n) is 4.46. The van der Waals surface area contributed by atoms with Crippen molar-refractivity contribution in [2.45, 2.75) is 19.4 Å². The molecule has 5 rings (SSSR count). The van der Waals surface area contributed by atoms with Gasteiger partial charge in [0.15, 0.2) is 5.75 Å². The number of halogens is 1. The van der Waals surface area contributed by atoms with Crippen molar-refractivity contribution in [3.63, 3.8) is 0 Å². The predicted molar refractivity (Wildman–Crippen MR) is 130 cm³/mol. The quantitative estimate of drug-likeness (QED) is 0.601. The molecule has 1 aromatic heterocycles. The number of nitrogens with zero attached hydrogens (tertiary/aromatic N) is 3. The molecule has 7 nitrogen and oxygen atoms in total. The van der Waals surface area contributed by atoms with Gasteiger partial charge >= 0.3 is 0 Å². The number of aromatic nitrogens is 1. The smallest absolute Gasteiger partial charge is 0.259 e. The Balaban J connectivity index is 1.36. The van der Waals surface area contributed by atoms with E-state index in [4.69, 9.17) is 9.47 Å². The number of para-hydroxylation sites is 1. The SMILES string of the molecule is CO[C@H]1CCN(c2ccc(NC(=O)c3cccc4c3OCCN4c3ccc(C)cn3)cc2F)C1. The molecule has 1 saturated heterocycles. The number of fused-ring (bicyclic) bond motifs is 1. The van der Waals surface area contributed by atoms with Crippen LogP contribution < -0.4 is 19.9 Å². The third-order valence-corrected chi connectivity index (χ3v) is 6.29. The van der Waals surface area contributed by atoms with Gasteiger partial charge in [0, 0.05) is 32.1 Å². The predicted octanol–water partition coefficient (Wildman–Crippen LogP) is 4.54. The average molecular weight is 463 g/mol. The van der Waals surface area contributed by atoms with Crippen LogP contribution in [0.4, 0.5) is 27.3 Å². The highest BCUT2D eigenvalue weighted by Crippen LogP contribution is 2.39. The van der Waals surface area contributed by atoms with Crippen LogP contribution in [-0.4, -0.2) is 50.3 Å². The number of aryl methyl sites for hydroxylation is 1. The largest absolute Gasteiger partial charge is 0.489 e. The zero-order valence-electron chi connectivity index (χ0n) is 19.3. The molecule has 0 radical (unpaired) electrons. The van der Waals surface area contributed by atoms with Crippen LogP contribution in [0, 0.1) is 12.7 Å². The monoisotopic (exact) mass is 462 g/mol. The Hall–Kier alpha value is -3.65. The second-order valence-electron chi connectivity index (χ2n) is 8.56. The lowest BCUT2D eigenvalue weighted by Crippen LogP contribution is -2.30. The second kappa shape index (κ2) is 9.30. The minimum atomic E-state index is -0.377. The lowest BCUT2D eigenvalue weighted by Gasteiger charge is -2.31. The van der Waals surface area contributed by atoms with E-state index in [-0.39, 0.29) is 17.8 Å². The average Bonchev–Trinajstić information content (AvgIpc) is 3.33. The Labute approximate surface area is 198 Å². The molecular weight excluding hydrogens is 435 g/mol. The van der Waals surface area contributed by atoms with Gasteiger partial charge in [-0.05, 0) is 55.3 Å². The van der Waals surface area contributed by atoms with Gasteiger partial charge in [0.05, 0.1) is 29.6 Å². The summed E-state index contributed by atoms with van der Waals surface area (Å²) in [4.78, 5) is 21.7. The van der Waals surface area contributed by atoms with Crippen LogP contribution in [0.5, 0.6) is 5.75 Å². The first-order chi connectivity index (χ1) is 16.5. The summed E-state index contributed by atoms with van der Waals surface area (Å²) < 4.78 is 26.1. The van der Waals surface area contributed by atoms with E-state index >= 15 is 0 Å². The number of anilines is 4. The lowest BCUT2D eigenvalue weighted by molar-refractivity contribution is 0.102. The molecule has 0 spiro atoms. The number of hydrogen-bond acceptors (Lipinski definition) is 6. The summed E-state index contributed by atoms with van der Waals surface area (Å²) in [5.41, 5.74) is 3.14. The van der Waals surface area contributed by atoms with E-state index in [1.165, 1.54) is 6.07 Å². The molecule has 1 atom stereocenters.